The summed E-state index contributed by atoms with van der Waals surface area (Å²) in [4.78, 5) is 12.9. The molecule has 0 saturated carbocycles. The summed E-state index contributed by atoms with van der Waals surface area (Å²) >= 11 is 0. The van der Waals surface area contributed by atoms with Gasteiger partial charge in [0.15, 0.2) is 5.43 Å². The van der Waals surface area contributed by atoms with E-state index in [1.807, 2.05) is 0 Å². The molecule has 0 saturated heterocycles. The van der Waals surface area contributed by atoms with E-state index in [0.717, 1.165) is 22.3 Å². The molecular weight excluding hydrogens is 340 g/mol. The van der Waals surface area contributed by atoms with Crippen LogP contribution in [-0.4, -0.2) is 0 Å². The minimum absolute atomic E-state index is 0.106. The molecule has 0 aliphatic rings. The number of benzene rings is 2. The monoisotopic (exact) mass is 374 g/mol. The van der Waals surface area contributed by atoms with Crippen molar-refractivity contribution in [1.29, 1.82) is 0 Å². The summed E-state index contributed by atoms with van der Waals surface area (Å²) in [6.07, 6.45) is 0. The second kappa shape index (κ2) is 6.44. The van der Waals surface area contributed by atoms with Crippen LogP contribution >= 0.6 is 0 Å². The molecule has 0 aliphatic heterocycles. The highest BCUT2D eigenvalue weighted by atomic mass is 16.1. The maximum absolute atomic E-state index is 12.9. The first-order valence-electron chi connectivity index (χ1n) is 10.3. The summed E-state index contributed by atoms with van der Waals surface area (Å²) in [5, 5.41) is 0. The Labute approximate surface area is 170 Å². The molecule has 3 aromatic carbocycles. The molecule has 0 aliphatic carbocycles. The van der Waals surface area contributed by atoms with Crippen LogP contribution in [0.25, 0.3) is 22.3 Å². The van der Waals surface area contributed by atoms with Crippen molar-refractivity contribution in [3.8, 4) is 22.3 Å². The lowest BCUT2D eigenvalue weighted by Crippen LogP contribution is -2.12. The average Bonchev–Trinajstić information content (AvgIpc) is 3.14. The van der Waals surface area contributed by atoms with Crippen LogP contribution in [0.1, 0.15) is 74.9 Å². The fourth-order valence-corrected chi connectivity index (χ4v) is 4.23. The van der Waals surface area contributed by atoms with E-state index >= 15 is 0 Å². The van der Waals surface area contributed by atoms with Crippen LogP contribution in [0.4, 0.5) is 0 Å². The summed E-state index contributed by atoms with van der Waals surface area (Å²) in [5.74, 6) is 0. The Morgan fingerprint density at radius 1 is 0.500 bits per heavy atom. The lowest BCUT2D eigenvalue weighted by atomic mass is 9.82. The fourth-order valence-electron chi connectivity index (χ4n) is 4.23. The Morgan fingerprint density at radius 3 is 0.964 bits per heavy atom. The number of rotatable bonds is 2. The molecule has 28 heavy (non-hydrogen) atoms. The Hall–Kier alpha value is -2.15. The number of hydrogen-bond donors (Lipinski definition) is 0. The highest BCUT2D eigenvalue weighted by molar-refractivity contribution is 5.98. The summed E-state index contributed by atoms with van der Waals surface area (Å²) < 4.78 is 0. The van der Waals surface area contributed by atoms with Crippen molar-refractivity contribution >= 4 is 0 Å². The number of aryl methyl sites for hydroxylation is 4. The molecule has 1 nitrogen and oxygen atoms in total. The quantitative estimate of drug-likeness (QED) is 0.468. The normalized spacial score (nSPS) is 12.8. The van der Waals surface area contributed by atoms with E-state index in [0.29, 0.717) is 0 Å². The largest absolute Gasteiger partial charge is 0.289 e. The predicted molar refractivity (Wildman–Crippen MR) is 122 cm³/mol. The average molecular weight is 375 g/mol. The molecule has 0 spiro atoms. The summed E-state index contributed by atoms with van der Waals surface area (Å²) in [5.41, 5.74) is 12.0. The third-order valence-corrected chi connectivity index (χ3v) is 5.94. The van der Waals surface area contributed by atoms with Crippen molar-refractivity contribution in [2.45, 2.75) is 80.1 Å². The second-order valence-electron chi connectivity index (χ2n) is 10.5. The van der Waals surface area contributed by atoms with Crippen LogP contribution in [-0.2, 0) is 10.8 Å². The third-order valence-electron chi connectivity index (χ3n) is 5.94. The van der Waals surface area contributed by atoms with Gasteiger partial charge in [-0.15, -0.1) is 0 Å². The van der Waals surface area contributed by atoms with Gasteiger partial charge < -0.3 is 0 Å². The van der Waals surface area contributed by atoms with Gasteiger partial charge in [-0.3, -0.25) is 4.79 Å². The van der Waals surface area contributed by atoms with Crippen LogP contribution in [0.15, 0.2) is 29.1 Å². The van der Waals surface area contributed by atoms with Crippen LogP contribution in [0.3, 0.4) is 0 Å². The van der Waals surface area contributed by atoms with Gasteiger partial charge in [0.05, 0.1) is 0 Å². The molecule has 0 amide bonds. The van der Waals surface area contributed by atoms with Crippen molar-refractivity contribution < 1.29 is 0 Å². The van der Waals surface area contributed by atoms with Crippen LogP contribution in [0, 0.1) is 27.7 Å². The van der Waals surface area contributed by atoms with E-state index in [-0.39, 0.29) is 16.3 Å². The van der Waals surface area contributed by atoms with Crippen molar-refractivity contribution in [3.63, 3.8) is 0 Å². The zero-order chi connectivity index (χ0) is 21.2. The molecule has 0 atom stereocenters. The van der Waals surface area contributed by atoms with Gasteiger partial charge in [0.1, 0.15) is 0 Å². The minimum atomic E-state index is 0.106. The van der Waals surface area contributed by atoms with Gasteiger partial charge in [0, 0.05) is 11.1 Å². The molecule has 0 unspecified atom stereocenters. The first-order valence-corrected chi connectivity index (χ1v) is 10.3. The van der Waals surface area contributed by atoms with Crippen molar-refractivity contribution in [3.05, 3.63) is 67.9 Å². The van der Waals surface area contributed by atoms with E-state index in [4.69, 9.17) is 0 Å². The molecule has 0 bridgehead atoms. The van der Waals surface area contributed by atoms with Gasteiger partial charge in [-0.25, -0.2) is 0 Å². The van der Waals surface area contributed by atoms with E-state index in [2.05, 4.69) is 93.5 Å². The predicted octanol–water partition coefficient (Wildman–Crippen LogP) is 7.09. The Morgan fingerprint density at radius 2 is 0.750 bits per heavy atom. The molecule has 3 rings (SSSR count). The Bertz CT molecular complexity index is 940. The van der Waals surface area contributed by atoms with Crippen molar-refractivity contribution in [2.24, 2.45) is 0 Å². The first kappa shape index (κ1) is 20.6. The third kappa shape index (κ3) is 3.48. The van der Waals surface area contributed by atoms with Gasteiger partial charge in [-0.2, -0.15) is 0 Å². The van der Waals surface area contributed by atoms with Gasteiger partial charge in [0.2, 0.25) is 0 Å². The summed E-state index contributed by atoms with van der Waals surface area (Å²) in [6, 6.07) is 9.00. The molecule has 0 heterocycles. The molecule has 148 valence electrons. The maximum Gasteiger partial charge on any atom is 0.195 e. The van der Waals surface area contributed by atoms with Crippen LogP contribution in [0.5, 0.6) is 0 Å². The smallest absolute Gasteiger partial charge is 0.195 e. The second-order valence-corrected chi connectivity index (χ2v) is 10.5. The highest BCUT2D eigenvalue weighted by Gasteiger charge is 2.31. The van der Waals surface area contributed by atoms with E-state index in [1.54, 1.807) is 0 Å². The standard InChI is InChI=1S/C27H34O/c1-15-11-19(26(5,6)7)12-16(2)21(15)23-24(25(23)28)22-17(3)13-20(14-18(22)4)27(8,9)10/h11-14H,1-10H3. The zero-order valence-corrected chi connectivity index (χ0v) is 19.2. The Balaban J connectivity index is 2.14. The molecule has 0 N–H and O–H groups in total. The topological polar surface area (TPSA) is 17.1 Å². The Kier molecular flexibility index (Phi) is 4.73. The lowest BCUT2D eigenvalue weighted by Gasteiger charge is -2.22. The van der Waals surface area contributed by atoms with Gasteiger partial charge in [-0.1, -0.05) is 65.8 Å². The van der Waals surface area contributed by atoms with Crippen molar-refractivity contribution in [1.82, 2.24) is 0 Å². The molecular formula is C27H34O. The molecule has 0 fully saturated rings. The molecule has 1 heteroatoms. The van der Waals surface area contributed by atoms with Gasteiger partial charge >= 0.3 is 0 Å². The lowest BCUT2D eigenvalue weighted by molar-refractivity contribution is 0.589. The molecule has 3 aromatic rings. The highest BCUT2D eigenvalue weighted by Crippen LogP contribution is 2.43. The molecule has 0 aromatic heterocycles. The SMILES string of the molecule is Cc1cc(C(C)(C)C)cc(C)c1-c1c(-c2c(C)cc(C(C)(C)C)cc2C)c1=O. The summed E-state index contributed by atoms with van der Waals surface area (Å²) in [6.45, 7) is 21.9. The zero-order valence-electron chi connectivity index (χ0n) is 19.2. The summed E-state index contributed by atoms with van der Waals surface area (Å²) in [7, 11) is 0. The van der Waals surface area contributed by atoms with Crippen LogP contribution in [0.2, 0.25) is 0 Å². The van der Waals surface area contributed by atoms with Gasteiger partial charge in [0.25, 0.3) is 0 Å². The molecule has 0 radical (unpaired) electrons. The fraction of sp³-hybridized carbons (Fsp3) is 0.444. The maximum atomic E-state index is 12.9. The minimum Gasteiger partial charge on any atom is -0.289 e. The van der Waals surface area contributed by atoms with E-state index in [1.165, 1.54) is 33.4 Å². The van der Waals surface area contributed by atoms with Gasteiger partial charge in [-0.05, 0) is 83.0 Å². The first-order chi connectivity index (χ1) is 12.7. The van der Waals surface area contributed by atoms with Crippen molar-refractivity contribution in [2.75, 3.05) is 0 Å². The van der Waals surface area contributed by atoms with Crippen LogP contribution < -0.4 is 5.43 Å². The number of hydrogen-bond acceptors (Lipinski definition) is 1. The van der Waals surface area contributed by atoms with E-state index < -0.39 is 0 Å². The van der Waals surface area contributed by atoms with E-state index in [9.17, 15) is 4.79 Å².